The summed E-state index contributed by atoms with van der Waals surface area (Å²) in [5, 5.41) is 16.6. The van der Waals surface area contributed by atoms with E-state index >= 15 is 0 Å². The van der Waals surface area contributed by atoms with Gasteiger partial charge in [0.25, 0.3) is 0 Å². The van der Waals surface area contributed by atoms with Crippen molar-refractivity contribution in [3.63, 3.8) is 0 Å². The molecule has 0 fully saturated rings. The number of amides is 1. The summed E-state index contributed by atoms with van der Waals surface area (Å²) in [5.41, 5.74) is 6.40. The highest BCUT2D eigenvalue weighted by Gasteiger charge is 2.10. The van der Waals surface area contributed by atoms with Gasteiger partial charge in [0.05, 0.1) is 17.1 Å². The van der Waals surface area contributed by atoms with E-state index in [1.165, 1.54) is 11.3 Å². The van der Waals surface area contributed by atoms with Gasteiger partial charge in [-0.15, -0.1) is 11.3 Å². The minimum absolute atomic E-state index is 0.0459. The first-order chi connectivity index (χ1) is 9.60. The summed E-state index contributed by atoms with van der Waals surface area (Å²) >= 11 is 7.53. The average molecular weight is 310 g/mol. The van der Waals surface area contributed by atoms with E-state index in [9.17, 15) is 4.79 Å². The smallest absolute Gasteiger partial charge is 0.229 e. The topological polar surface area (TPSA) is 87.7 Å². The number of halogens is 1. The fourth-order valence-corrected chi connectivity index (χ4v) is 2.47. The number of hydrogen-bond acceptors (Lipinski definition) is 4. The Labute approximate surface area is 124 Å². The van der Waals surface area contributed by atoms with Crippen molar-refractivity contribution >= 4 is 40.4 Å². The van der Waals surface area contributed by atoms with Crippen LogP contribution < -0.4 is 11.1 Å². The van der Waals surface area contributed by atoms with Gasteiger partial charge in [0.15, 0.2) is 5.84 Å². The third-order valence-electron chi connectivity index (χ3n) is 2.56. The van der Waals surface area contributed by atoms with Gasteiger partial charge in [-0.2, -0.15) is 0 Å². The molecule has 0 bridgehead atoms. The van der Waals surface area contributed by atoms with Crippen molar-refractivity contribution in [2.24, 2.45) is 10.9 Å². The maximum absolute atomic E-state index is 11.9. The van der Waals surface area contributed by atoms with Crippen molar-refractivity contribution in [3.8, 4) is 0 Å². The van der Waals surface area contributed by atoms with Gasteiger partial charge >= 0.3 is 0 Å². The van der Waals surface area contributed by atoms with Crippen LogP contribution in [-0.4, -0.2) is 17.0 Å². The van der Waals surface area contributed by atoms with Crippen molar-refractivity contribution in [1.29, 1.82) is 0 Å². The second-order valence-electron chi connectivity index (χ2n) is 3.98. The fourth-order valence-electron chi connectivity index (χ4n) is 1.60. The zero-order valence-corrected chi connectivity index (χ0v) is 11.9. The van der Waals surface area contributed by atoms with Crippen molar-refractivity contribution in [2.75, 3.05) is 5.32 Å². The third kappa shape index (κ3) is 3.49. The molecule has 0 atom stereocenters. The Kier molecular flexibility index (Phi) is 4.60. The number of oxime groups is 1. The van der Waals surface area contributed by atoms with Crippen LogP contribution in [0.4, 0.5) is 5.69 Å². The minimum Gasteiger partial charge on any atom is -0.409 e. The number of nitrogens with two attached hydrogens (primary N) is 1. The molecule has 0 saturated carbocycles. The number of benzene rings is 1. The second-order valence-corrected chi connectivity index (χ2v) is 5.42. The zero-order chi connectivity index (χ0) is 14.5. The Balaban J connectivity index is 2.14. The van der Waals surface area contributed by atoms with E-state index in [-0.39, 0.29) is 18.2 Å². The maximum Gasteiger partial charge on any atom is 0.229 e. The van der Waals surface area contributed by atoms with Crippen molar-refractivity contribution in [3.05, 3.63) is 51.2 Å². The van der Waals surface area contributed by atoms with E-state index in [1.54, 1.807) is 18.2 Å². The molecule has 0 aliphatic heterocycles. The van der Waals surface area contributed by atoms with E-state index in [2.05, 4.69) is 10.5 Å². The van der Waals surface area contributed by atoms with Crippen LogP contribution in [0.2, 0.25) is 5.02 Å². The van der Waals surface area contributed by atoms with Gasteiger partial charge in [0.1, 0.15) is 0 Å². The number of amidine groups is 1. The van der Waals surface area contributed by atoms with Crippen LogP contribution in [0.25, 0.3) is 0 Å². The minimum atomic E-state index is -0.175. The summed E-state index contributed by atoms with van der Waals surface area (Å²) in [4.78, 5) is 12.9. The lowest BCUT2D eigenvalue weighted by Crippen LogP contribution is -2.16. The lowest BCUT2D eigenvalue weighted by atomic mass is 10.2. The fraction of sp³-hybridized carbons (Fsp3) is 0.0769. The molecule has 0 saturated heterocycles. The largest absolute Gasteiger partial charge is 0.409 e. The summed E-state index contributed by atoms with van der Waals surface area (Å²) in [7, 11) is 0. The van der Waals surface area contributed by atoms with E-state index in [1.807, 2.05) is 17.5 Å². The number of carbonyl (C=O) groups excluding carboxylic acids is 1. The molecule has 1 aromatic carbocycles. The molecule has 5 nitrogen and oxygen atoms in total. The predicted molar refractivity (Wildman–Crippen MR) is 80.6 cm³/mol. The molecule has 7 heteroatoms. The molecule has 0 aliphatic rings. The van der Waals surface area contributed by atoms with Crippen LogP contribution in [0.5, 0.6) is 0 Å². The number of anilines is 1. The molecule has 0 aliphatic carbocycles. The highest BCUT2D eigenvalue weighted by molar-refractivity contribution is 7.10. The molecule has 1 amide bonds. The van der Waals surface area contributed by atoms with Crippen molar-refractivity contribution in [1.82, 2.24) is 0 Å². The van der Waals surface area contributed by atoms with Gasteiger partial charge in [0, 0.05) is 10.4 Å². The molecule has 20 heavy (non-hydrogen) atoms. The number of thiophene rings is 1. The Morgan fingerprint density at radius 1 is 1.45 bits per heavy atom. The number of nitrogens with zero attached hydrogens (tertiary/aromatic N) is 1. The predicted octanol–water partition coefficient (Wildman–Crippen LogP) is 2.68. The molecular formula is C13H12ClN3O2S. The molecule has 0 radical (unpaired) electrons. The summed E-state index contributed by atoms with van der Waals surface area (Å²) in [6.07, 6.45) is 0.280. The third-order valence-corrected chi connectivity index (χ3v) is 3.76. The highest BCUT2D eigenvalue weighted by atomic mass is 35.5. The Hall–Kier alpha value is -2.05. The second kappa shape index (κ2) is 6.40. The molecule has 0 unspecified atom stereocenters. The monoisotopic (exact) mass is 309 g/mol. The van der Waals surface area contributed by atoms with Gasteiger partial charge in [-0.3, -0.25) is 4.79 Å². The molecule has 0 spiro atoms. The Morgan fingerprint density at radius 3 is 2.90 bits per heavy atom. The van der Waals surface area contributed by atoms with E-state index in [0.29, 0.717) is 16.3 Å². The molecule has 104 valence electrons. The van der Waals surface area contributed by atoms with Gasteiger partial charge in [0.2, 0.25) is 5.91 Å². The van der Waals surface area contributed by atoms with Gasteiger partial charge in [-0.05, 0) is 29.6 Å². The number of hydrogen-bond donors (Lipinski definition) is 3. The lowest BCUT2D eigenvalue weighted by Gasteiger charge is -2.08. The number of carbonyl (C=O) groups is 1. The van der Waals surface area contributed by atoms with Crippen LogP contribution >= 0.6 is 22.9 Å². The van der Waals surface area contributed by atoms with Crippen LogP contribution in [-0.2, 0) is 11.2 Å². The summed E-state index contributed by atoms with van der Waals surface area (Å²) in [5.74, 6) is -0.221. The summed E-state index contributed by atoms with van der Waals surface area (Å²) in [6, 6.07) is 8.52. The van der Waals surface area contributed by atoms with E-state index in [0.717, 1.165) is 4.88 Å². The van der Waals surface area contributed by atoms with Crippen molar-refractivity contribution in [2.45, 2.75) is 6.42 Å². The average Bonchev–Trinajstić information content (AvgIpc) is 2.93. The Bertz CT molecular complexity index is 641. The molecule has 2 rings (SSSR count). The van der Waals surface area contributed by atoms with Crippen molar-refractivity contribution < 1.29 is 10.0 Å². The summed E-state index contributed by atoms with van der Waals surface area (Å²) < 4.78 is 0. The summed E-state index contributed by atoms with van der Waals surface area (Å²) in [6.45, 7) is 0. The van der Waals surface area contributed by atoms with E-state index in [4.69, 9.17) is 22.5 Å². The quantitative estimate of drug-likeness (QED) is 0.351. The Morgan fingerprint density at radius 2 is 2.25 bits per heavy atom. The first kappa shape index (κ1) is 14.4. The number of nitrogens with one attached hydrogen (secondary N) is 1. The lowest BCUT2D eigenvalue weighted by molar-refractivity contribution is -0.115. The SMILES string of the molecule is N/C(=N/O)c1ccc(Cl)c(NC(=O)Cc2cccs2)c1. The standard InChI is InChI=1S/C13H12ClN3O2S/c14-10-4-3-8(13(15)17-19)6-11(10)16-12(18)7-9-2-1-5-20-9/h1-6,19H,7H2,(H2,15,17)(H,16,18). The van der Waals surface area contributed by atoms with Crippen LogP contribution in [0.1, 0.15) is 10.4 Å². The molecule has 1 heterocycles. The van der Waals surface area contributed by atoms with E-state index < -0.39 is 0 Å². The molecule has 2 aromatic rings. The molecule has 4 N–H and O–H groups in total. The molecular weight excluding hydrogens is 298 g/mol. The van der Waals surface area contributed by atoms with Gasteiger partial charge < -0.3 is 16.3 Å². The van der Waals surface area contributed by atoms with Gasteiger partial charge in [-0.1, -0.05) is 22.8 Å². The highest BCUT2D eigenvalue weighted by Crippen LogP contribution is 2.23. The van der Waals surface area contributed by atoms with Crippen LogP contribution in [0, 0.1) is 0 Å². The molecule has 1 aromatic heterocycles. The normalized spacial score (nSPS) is 11.3. The van der Waals surface area contributed by atoms with Crippen LogP contribution in [0.3, 0.4) is 0 Å². The first-order valence-electron chi connectivity index (χ1n) is 5.70. The number of rotatable bonds is 4. The zero-order valence-electron chi connectivity index (χ0n) is 10.3. The van der Waals surface area contributed by atoms with Crippen LogP contribution in [0.15, 0.2) is 40.9 Å². The maximum atomic E-state index is 11.9. The first-order valence-corrected chi connectivity index (χ1v) is 6.95. The van der Waals surface area contributed by atoms with Gasteiger partial charge in [-0.25, -0.2) is 0 Å².